The van der Waals surface area contributed by atoms with Crippen LogP contribution in [0.2, 0.25) is 0 Å². The molecule has 0 saturated heterocycles. The summed E-state index contributed by atoms with van der Waals surface area (Å²) in [5.74, 6) is 3.21. The van der Waals surface area contributed by atoms with Gasteiger partial charge in [0, 0.05) is 197 Å². The highest BCUT2D eigenvalue weighted by Crippen LogP contribution is 2.52. The number of thiophene rings is 3. The highest BCUT2D eigenvalue weighted by molar-refractivity contribution is 7.28. The zero-order valence-corrected chi connectivity index (χ0v) is 68.2. The van der Waals surface area contributed by atoms with E-state index in [2.05, 4.69) is 285 Å². The molecule has 0 N–H and O–H groups in total. The minimum Gasteiger partial charge on any atom is -0.307 e. The highest BCUT2D eigenvalue weighted by atomic mass is 32.1. The number of rotatable bonds is 6. The van der Waals surface area contributed by atoms with Gasteiger partial charge in [0.05, 0.1) is 76.6 Å². The van der Waals surface area contributed by atoms with Crippen molar-refractivity contribution in [2.75, 3.05) is 0 Å². The first-order valence-corrected chi connectivity index (χ1v) is 43.6. The summed E-state index contributed by atoms with van der Waals surface area (Å²) in [6.07, 6.45) is 13.5. The van der Waals surface area contributed by atoms with E-state index in [1.807, 2.05) is 133 Å². The van der Waals surface area contributed by atoms with Crippen LogP contribution in [0, 0.1) is 0 Å². The number of nitrogens with zero attached hydrogens (tertiary/aromatic N) is 13. The molecule has 28 rings (SSSR count). The van der Waals surface area contributed by atoms with E-state index in [-0.39, 0.29) is 0 Å². The van der Waals surface area contributed by atoms with Crippen molar-refractivity contribution in [3.63, 3.8) is 0 Å². The third-order valence-corrected chi connectivity index (χ3v) is 28.0. The van der Waals surface area contributed by atoms with Crippen molar-refractivity contribution in [2.45, 2.75) is 0 Å². The monoisotopic (exact) mass is 1640 g/mol. The minimum atomic E-state index is 0.714. The number of aromatic nitrogens is 13. The fourth-order valence-electron chi connectivity index (χ4n) is 19.2. The number of pyridine rings is 6. The molecular weight excluding hydrogens is 1580 g/mol. The summed E-state index contributed by atoms with van der Waals surface area (Å²) in [6.45, 7) is 0. The zero-order valence-electron chi connectivity index (χ0n) is 65.8. The largest absolute Gasteiger partial charge is 0.307 e. The lowest BCUT2D eigenvalue weighted by atomic mass is 10.0. The molecule has 0 aliphatic heterocycles. The maximum atomic E-state index is 5.30. The van der Waals surface area contributed by atoms with Crippen LogP contribution in [0.15, 0.2) is 371 Å². The number of fused-ring (bicyclic) bond motifs is 35. The first-order valence-electron chi connectivity index (χ1n) is 41.1. The van der Waals surface area contributed by atoms with E-state index >= 15 is 0 Å². The van der Waals surface area contributed by atoms with E-state index in [4.69, 9.17) is 39.9 Å². The topological polar surface area (TPSA) is 144 Å². The Morgan fingerprint density at radius 2 is 0.702 bits per heavy atom. The summed E-state index contributed by atoms with van der Waals surface area (Å²) in [7, 11) is 0. The van der Waals surface area contributed by atoms with E-state index in [9.17, 15) is 0 Å². The molecular formula is C108H61N13S3. The average molecular weight is 1640 g/mol. The van der Waals surface area contributed by atoms with Gasteiger partial charge in [0.25, 0.3) is 0 Å². The van der Waals surface area contributed by atoms with Gasteiger partial charge in [-0.1, -0.05) is 218 Å². The van der Waals surface area contributed by atoms with E-state index in [1.165, 1.54) is 104 Å². The van der Waals surface area contributed by atoms with E-state index in [0.717, 1.165) is 138 Å². The zero-order chi connectivity index (χ0) is 81.2. The molecule has 0 spiro atoms. The van der Waals surface area contributed by atoms with Gasteiger partial charge < -0.3 is 4.57 Å². The van der Waals surface area contributed by atoms with Gasteiger partial charge in [0.1, 0.15) is 11.6 Å². The maximum absolute atomic E-state index is 5.30. The van der Waals surface area contributed by atoms with Crippen molar-refractivity contribution < 1.29 is 0 Å². The maximum Gasteiger partial charge on any atom is 0.162 e. The molecule has 0 amide bonds. The predicted octanol–water partition coefficient (Wildman–Crippen LogP) is 28.5. The van der Waals surface area contributed by atoms with Gasteiger partial charge in [-0.05, 0) is 109 Å². The van der Waals surface area contributed by atoms with Crippen LogP contribution in [0.4, 0.5) is 0 Å². The van der Waals surface area contributed by atoms with Gasteiger partial charge in [-0.15, -0.1) is 34.0 Å². The molecule has 0 fully saturated rings. The lowest BCUT2D eigenvalue weighted by molar-refractivity contribution is 1.08. The summed E-state index contributed by atoms with van der Waals surface area (Å²) in [4.78, 5) is 49.6. The summed E-state index contributed by atoms with van der Waals surface area (Å²) in [5.41, 5.74) is 17.4. The van der Waals surface area contributed by atoms with Crippen LogP contribution in [0.5, 0.6) is 0 Å². The van der Waals surface area contributed by atoms with Crippen LogP contribution in [-0.4, -0.2) is 63.5 Å². The molecule has 14 aromatic heterocycles. The van der Waals surface area contributed by atoms with Crippen LogP contribution in [0.1, 0.15) is 0 Å². The number of hydrogen-bond donors (Lipinski definition) is 0. The minimum absolute atomic E-state index is 0.714. The molecule has 28 aromatic rings. The SMILES string of the molecule is c1ccc(-c2nc(-c3ccccc3)c3cc(-n4c5cccnc5c5c6cccnc6c6sc7ccccc7c6c54)ccc3n2)cc1.c1ccc(-c2nc(-n3c4ccccc4c4c5cnccc5c5sc6ccccc6c5c43)c3ccccc3n2)cc1.c1cnc2c(c1)ccc1ccc(-n3c4ccccc4c4c5cnccc5c5sc6ccccc6c5c43)nc12. The Morgan fingerprint density at radius 1 is 0.242 bits per heavy atom. The molecule has 0 aliphatic carbocycles. The van der Waals surface area contributed by atoms with E-state index in [1.54, 1.807) is 11.3 Å². The molecule has 16 heteroatoms. The van der Waals surface area contributed by atoms with Crippen molar-refractivity contribution in [2.24, 2.45) is 0 Å². The molecule has 0 unspecified atom stereocenters. The Labute approximate surface area is 716 Å². The van der Waals surface area contributed by atoms with E-state index < -0.39 is 0 Å². The summed E-state index contributed by atoms with van der Waals surface area (Å²) >= 11 is 5.51. The van der Waals surface area contributed by atoms with Crippen molar-refractivity contribution in [3.8, 4) is 51.4 Å². The quantitative estimate of drug-likeness (QED) is 0.148. The summed E-state index contributed by atoms with van der Waals surface area (Å²) < 4.78 is 14.7. The van der Waals surface area contributed by atoms with Gasteiger partial charge in [-0.25, -0.2) is 24.9 Å². The van der Waals surface area contributed by atoms with Gasteiger partial charge in [-0.2, -0.15) is 0 Å². The van der Waals surface area contributed by atoms with Crippen LogP contribution in [-0.2, 0) is 0 Å². The number of hydrogen-bond acceptors (Lipinski definition) is 13. The van der Waals surface area contributed by atoms with Crippen LogP contribution in [0.3, 0.4) is 0 Å². The predicted molar refractivity (Wildman–Crippen MR) is 518 cm³/mol. The number of benzene rings is 14. The van der Waals surface area contributed by atoms with Crippen molar-refractivity contribution >= 4 is 236 Å². The Balaban J connectivity index is 0.0000001000. The van der Waals surface area contributed by atoms with Gasteiger partial charge in [0.2, 0.25) is 0 Å². The average Bonchev–Trinajstić information content (AvgIpc) is 1.58. The van der Waals surface area contributed by atoms with Crippen LogP contribution >= 0.6 is 34.0 Å². The molecule has 0 bridgehead atoms. The second-order valence-electron chi connectivity index (χ2n) is 31.2. The molecule has 0 radical (unpaired) electrons. The van der Waals surface area contributed by atoms with Gasteiger partial charge in [0.15, 0.2) is 11.6 Å². The second-order valence-corrected chi connectivity index (χ2v) is 34.4. The fourth-order valence-corrected chi connectivity index (χ4v) is 22.9. The smallest absolute Gasteiger partial charge is 0.162 e. The van der Waals surface area contributed by atoms with Crippen molar-refractivity contribution in [1.29, 1.82) is 0 Å². The Bertz CT molecular complexity index is 9360. The van der Waals surface area contributed by atoms with E-state index in [0.29, 0.717) is 11.6 Å². The molecule has 576 valence electrons. The standard InChI is InChI=1S/C40H23N5S.C35H20N4S.C33H18N4S/c1-3-11-24(12-4-1)35-29-23-26(19-20-30(29)43-40(44-35)25-13-5-2-6-14-25)45-31-17-10-22-42-37(31)33-28-16-9-21-41-36(28)39-34(38(33)45)27-15-7-8-18-32(27)46-39;1-2-10-21(11-3-1)34-37-27-15-7-4-12-23(27)35(38-34)39-28-16-8-5-13-24(28)30-26-20-36-19-18-22(26)33-31(32(30)39)25-14-6-9-17-29(25)40-33;1-3-9-25-22(7-1)28-24-18-34-17-15-21(24)33-29(23-8-2-4-10-26(23)38-33)32(28)37(25)27-14-13-20-12-11-19-6-5-16-35-30(19)31(20)36-27/h1-23H;1-20H;1-18H. The van der Waals surface area contributed by atoms with Crippen molar-refractivity contribution in [1.82, 2.24) is 63.5 Å². The van der Waals surface area contributed by atoms with Gasteiger partial charge >= 0.3 is 0 Å². The Hall–Kier alpha value is -16.0. The molecule has 13 nitrogen and oxygen atoms in total. The molecule has 14 heterocycles. The second kappa shape index (κ2) is 27.8. The van der Waals surface area contributed by atoms with Crippen molar-refractivity contribution in [3.05, 3.63) is 371 Å². The first kappa shape index (κ1) is 69.9. The lowest BCUT2D eigenvalue weighted by Crippen LogP contribution is -2.03. The summed E-state index contributed by atoms with van der Waals surface area (Å²) in [6, 6.07) is 114. The molecule has 0 saturated carbocycles. The molecule has 0 aliphatic rings. The lowest BCUT2D eigenvalue weighted by Gasteiger charge is -2.14. The van der Waals surface area contributed by atoms with Crippen LogP contribution < -0.4 is 0 Å². The number of para-hydroxylation sites is 3. The first-order chi connectivity index (χ1) is 61.6. The highest BCUT2D eigenvalue weighted by Gasteiger charge is 2.29. The summed E-state index contributed by atoms with van der Waals surface area (Å²) in [5, 5.41) is 23.6. The normalized spacial score (nSPS) is 12.0. The third kappa shape index (κ3) is 10.6. The molecule has 124 heavy (non-hydrogen) atoms. The molecule has 14 aromatic carbocycles. The molecule has 0 atom stereocenters. The van der Waals surface area contributed by atoms with Crippen LogP contribution in [0.25, 0.3) is 253 Å². The fraction of sp³-hybridized carbons (Fsp3) is 0. The Morgan fingerprint density at radius 3 is 1.34 bits per heavy atom. The Kier molecular flexibility index (Phi) is 15.7. The third-order valence-electron chi connectivity index (χ3n) is 24.4. The van der Waals surface area contributed by atoms with Gasteiger partial charge in [-0.3, -0.25) is 34.1 Å².